The monoisotopic (exact) mass is 441 g/mol. The Hall–Kier alpha value is -3.78. The normalized spacial score (nSPS) is 14.3. The van der Waals surface area contributed by atoms with Crippen LogP contribution in [-0.4, -0.2) is 52.0 Å². The number of aromatic nitrogens is 4. The molecule has 5 rings (SSSR count). The number of nitrogens with zero attached hydrogens (tertiary/aromatic N) is 6. The summed E-state index contributed by atoms with van der Waals surface area (Å²) in [5.41, 5.74) is 8.11. The van der Waals surface area contributed by atoms with Gasteiger partial charge in [0.05, 0.1) is 25.8 Å². The highest BCUT2D eigenvalue weighted by molar-refractivity contribution is 5.86. The Morgan fingerprint density at radius 3 is 2.73 bits per heavy atom. The molecule has 4 aromatic rings. The minimum atomic E-state index is 0.601. The molecule has 0 bridgehead atoms. The maximum absolute atomic E-state index is 5.50. The molecule has 0 unspecified atom stereocenters. The summed E-state index contributed by atoms with van der Waals surface area (Å²) in [4.78, 5) is 16.4. The molecule has 0 spiro atoms. The first-order valence-electron chi connectivity index (χ1n) is 11.2. The molecule has 0 atom stereocenters. The number of fused-ring (bicyclic) bond motifs is 1. The van der Waals surface area contributed by atoms with Gasteiger partial charge >= 0.3 is 0 Å². The third kappa shape index (κ3) is 5.01. The molecule has 1 saturated heterocycles. The highest BCUT2D eigenvalue weighted by Crippen LogP contribution is 2.23. The van der Waals surface area contributed by atoms with Crippen molar-refractivity contribution >= 4 is 29.1 Å². The Morgan fingerprint density at radius 1 is 1.06 bits per heavy atom. The average Bonchev–Trinajstić information content (AvgIpc) is 3.27. The topological polar surface area (TPSA) is 80.5 Å². The van der Waals surface area contributed by atoms with Crippen LogP contribution < -0.4 is 10.3 Å². The fraction of sp³-hybridized carbons (Fsp3) is 0.280. The van der Waals surface area contributed by atoms with Crippen molar-refractivity contribution in [1.82, 2.24) is 19.5 Å². The van der Waals surface area contributed by atoms with Crippen LogP contribution in [0.4, 0.5) is 11.8 Å². The van der Waals surface area contributed by atoms with Crippen LogP contribution in [-0.2, 0) is 17.7 Å². The van der Waals surface area contributed by atoms with E-state index in [0.29, 0.717) is 30.5 Å². The number of aryl methyl sites for hydroxylation is 3. The van der Waals surface area contributed by atoms with Crippen molar-refractivity contribution in [2.75, 3.05) is 36.6 Å². The van der Waals surface area contributed by atoms with Crippen molar-refractivity contribution in [2.24, 2.45) is 5.10 Å². The van der Waals surface area contributed by atoms with Gasteiger partial charge in [0.25, 0.3) is 0 Å². The van der Waals surface area contributed by atoms with E-state index in [0.717, 1.165) is 37.3 Å². The second-order valence-electron chi connectivity index (χ2n) is 8.10. The Morgan fingerprint density at radius 2 is 1.91 bits per heavy atom. The lowest BCUT2D eigenvalue weighted by Crippen LogP contribution is -2.37. The van der Waals surface area contributed by atoms with Gasteiger partial charge in [-0.2, -0.15) is 15.1 Å². The number of hydrogen-bond donors (Lipinski definition) is 1. The van der Waals surface area contributed by atoms with Crippen LogP contribution in [0, 0.1) is 6.92 Å². The molecule has 0 aliphatic carbocycles. The third-order valence-corrected chi connectivity index (χ3v) is 5.66. The molecule has 2 aromatic heterocycles. The van der Waals surface area contributed by atoms with Crippen molar-refractivity contribution in [2.45, 2.75) is 19.9 Å². The number of benzene rings is 2. The summed E-state index contributed by atoms with van der Waals surface area (Å²) in [5.74, 6) is 1.27. The molecule has 1 N–H and O–H groups in total. The van der Waals surface area contributed by atoms with Gasteiger partial charge < -0.3 is 14.2 Å². The highest BCUT2D eigenvalue weighted by Gasteiger charge is 2.19. The number of anilines is 2. The summed E-state index contributed by atoms with van der Waals surface area (Å²) < 4.78 is 7.59. The molecule has 1 fully saturated rings. The highest BCUT2D eigenvalue weighted by atomic mass is 16.5. The molecule has 1 aliphatic rings. The lowest BCUT2D eigenvalue weighted by Gasteiger charge is -2.27. The minimum Gasteiger partial charge on any atom is -0.378 e. The number of nitrogens with one attached hydrogen (secondary N) is 1. The van der Waals surface area contributed by atoms with Crippen LogP contribution in [0.5, 0.6) is 0 Å². The maximum Gasteiger partial charge on any atom is 0.229 e. The molecular formula is C25H27N7O. The molecule has 8 nitrogen and oxygen atoms in total. The Labute approximate surface area is 193 Å². The lowest BCUT2D eigenvalue weighted by molar-refractivity contribution is 0.122. The van der Waals surface area contributed by atoms with Crippen molar-refractivity contribution in [3.63, 3.8) is 0 Å². The van der Waals surface area contributed by atoms with E-state index in [1.54, 1.807) is 6.21 Å². The molecule has 0 radical (unpaired) electrons. The van der Waals surface area contributed by atoms with Crippen LogP contribution in [0.25, 0.3) is 11.2 Å². The largest absolute Gasteiger partial charge is 0.378 e. The smallest absolute Gasteiger partial charge is 0.229 e. The number of hydrogen-bond acceptors (Lipinski definition) is 7. The van der Waals surface area contributed by atoms with E-state index in [4.69, 9.17) is 14.7 Å². The molecule has 168 valence electrons. The van der Waals surface area contributed by atoms with E-state index in [9.17, 15) is 0 Å². The van der Waals surface area contributed by atoms with Crippen LogP contribution >= 0.6 is 0 Å². The van der Waals surface area contributed by atoms with Crippen molar-refractivity contribution < 1.29 is 4.74 Å². The number of hydrazone groups is 1. The number of rotatable bonds is 7. The first-order valence-corrected chi connectivity index (χ1v) is 11.2. The zero-order chi connectivity index (χ0) is 22.5. The first-order chi connectivity index (χ1) is 16.3. The predicted octanol–water partition coefficient (Wildman–Crippen LogP) is 3.66. The van der Waals surface area contributed by atoms with Gasteiger partial charge in [-0.1, -0.05) is 60.2 Å². The minimum absolute atomic E-state index is 0.601. The van der Waals surface area contributed by atoms with Crippen molar-refractivity contribution in [1.29, 1.82) is 0 Å². The summed E-state index contributed by atoms with van der Waals surface area (Å²) in [6.07, 6.45) is 4.53. The van der Waals surface area contributed by atoms with E-state index in [1.165, 1.54) is 11.1 Å². The van der Waals surface area contributed by atoms with Gasteiger partial charge in [-0.15, -0.1) is 0 Å². The second-order valence-corrected chi connectivity index (χ2v) is 8.10. The summed E-state index contributed by atoms with van der Waals surface area (Å²) in [5, 5.41) is 4.43. The van der Waals surface area contributed by atoms with Gasteiger partial charge in [0.15, 0.2) is 17.0 Å². The molecule has 0 saturated carbocycles. The Kier molecular flexibility index (Phi) is 6.25. The van der Waals surface area contributed by atoms with Crippen molar-refractivity contribution in [3.05, 3.63) is 77.6 Å². The van der Waals surface area contributed by atoms with Gasteiger partial charge in [0, 0.05) is 19.6 Å². The molecule has 1 aliphatic heterocycles. The molecule has 0 amide bonds. The van der Waals surface area contributed by atoms with Crippen LogP contribution in [0.1, 0.15) is 16.7 Å². The number of morpholine rings is 1. The molecular weight excluding hydrogens is 414 g/mol. The fourth-order valence-corrected chi connectivity index (χ4v) is 3.89. The molecule has 8 heteroatoms. The van der Waals surface area contributed by atoms with Gasteiger partial charge in [0.2, 0.25) is 5.95 Å². The zero-order valence-electron chi connectivity index (χ0n) is 18.7. The van der Waals surface area contributed by atoms with E-state index in [1.807, 2.05) is 24.5 Å². The first kappa shape index (κ1) is 21.1. The standard InChI is InChI=1S/C25H27N7O/c1-19-6-5-9-21(16-19)17-27-30-23-22-24(29-25(28-23)31-12-14-33-15-13-31)32(18-26-22)11-10-20-7-3-2-4-8-20/h2-9,16-18H,10-15H2,1H3,(H,28,29,30)/b27-17+. The molecule has 3 heterocycles. The average molecular weight is 442 g/mol. The van der Waals surface area contributed by atoms with E-state index in [2.05, 4.69) is 68.3 Å². The quantitative estimate of drug-likeness (QED) is 0.348. The summed E-state index contributed by atoms with van der Waals surface area (Å²) in [7, 11) is 0. The second kappa shape index (κ2) is 9.79. The number of imidazole rings is 1. The number of ether oxygens (including phenoxy) is 1. The Bertz CT molecular complexity index is 1250. The predicted molar refractivity (Wildman–Crippen MR) is 131 cm³/mol. The van der Waals surface area contributed by atoms with Crippen LogP contribution in [0.15, 0.2) is 66.0 Å². The maximum atomic E-state index is 5.50. The summed E-state index contributed by atoms with van der Waals surface area (Å²) in [6, 6.07) is 18.6. The van der Waals surface area contributed by atoms with Gasteiger partial charge in [-0.3, -0.25) is 5.43 Å². The van der Waals surface area contributed by atoms with Gasteiger partial charge in [0.1, 0.15) is 0 Å². The van der Waals surface area contributed by atoms with E-state index < -0.39 is 0 Å². The molecule has 33 heavy (non-hydrogen) atoms. The lowest BCUT2D eigenvalue weighted by atomic mass is 10.1. The fourth-order valence-electron chi connectivity index (χ4n) is 3.89. The van der Waals surface area contributed by atoms with E-state index in [-0.39, 0.29) is 0 Å². The Balaban J connectivity index is 1.45. The SMILES string of the molecule is Cc1cccc(/C=N/Nc2nc(N3CCOCC3)nc3c2ncn3CCc2ccccc2)c1. The summed E-state index contributed by atoms with van der Waals surface area (Å²) >= 11 is 0. The third-order valence-electron chi connectivity index (χ3n) is 5.66. The zero-order valence-corrected chi connectivity index (χ0v) is 18.7. The van der Waals surface area contributed by atoms with Gasteiger partial charge in [-0.05, 0) is 24.5 Å². The van der Waals surface area contributed by atoms with Crippen LogP contribution in [0.3, 0.4) is 0 Å². The molecule has 2 aromatic carbocycles. The van der Waals surface area contributed by atoms with Crippen molar-refractivity contribution in [3.8, 4) is 0 Å². The van der Waals surface area contributed by atoms with Gasteiger partial charge in [-0.25, -0.2) is 4.98 Å². The van der Waals surface area contributed by atoms with E-state index >= 15 is 0 Å². The van der Waals surface area contributed by atoms with Crippen LogP contribution in [0.2, 0.25) is 0 Å². The summed E-state index contributed by atoms with van der Waals surface area (Å²) in [6.45, 7) is 5.71.